The van der Waals surface area contributed by atoms with Gasteiger partial charge in [0.05, 0.1) is 22.8 Å². The maximum absolute atomic E-state index is 13.2. The van der Waals surface area contributed by atoms with Gasteiger partial charge in [0.1, 0.15) is 5.75 Å². The van der Waals surface area contributed by atoms with Crippen molar-refractivity contribution in [1.82, 2.24) is 19.9 Å². The van der Waals surface area contributed by atoms with E-state index in [0.29, 0.717) is 5.69 Å². The molecule has 9 rings (SSSR count). The summed E-state index contributed by atoms with van der Waals surface area (Å²) in [6, 6.07) is 45.8. The van der Waals surface area contributed by atoms with Gasteiger partial charge in [-0.25, -0.2) is 29.1 Å². The van der Waals surface area contributed by atoms with Gasteiger partial charge in [-0.05, 0) is 111 Å². The first kappa shape index (κ1) is 45.3. The largest absolute Gasteiger partial charge is 0.448 e. The zero-order valence-corrected chi connectivity index (χ0v) is 38.2. The second kappa shape index (κ2) is 19.5. The Balaban J connectivity index is 1.12. The lowest BCUT2D eigenvalue weighted by atomic mass is 10.0. The van der Waals surface area contributed by atoms with Crippen LogP contribution < -0.4 is 4.74 Å². The van der Waals surface area contributed by atoms with Crippen molar-refractivity contribution in [3.05, 3.63) is 174 Å². The lowest BCUT2D eigenvalue weighted by Gasteiger charge is -2.18. The van der Waals surface area contributed by atoms with E-state index in [-0.39, 0.29) is 11.3 Å². The molecule has 12 heteroatoms. The van der Waals surface area contributed by atoms with E-state index >= 15 is 0 Å². The highest BCUT2D eigenvalue weighted by Crippen LogP contribution is 2.38. The van der Waals surface area contributed by atoms with E-state index in [2.05, 4.69) is 77.2 Å². The molecule has 12 nitrogen and oxygen atoms in total. The number of esters is 4. The molecule has 2 N–H and O–H groups in total. The molecule has 0 fully saturated rings. The highest BCUT2D eigenvalue weighted by molar-refractivity contribution is 6.00. The summed E-state index contributed by atoms with van der Waals surface area (Å²) in [7, 11) is 0. The molecular formula is C57H46N4O8. The molecule has 5 heterocycles. The number of hydrogen-bond acceptors (Lipinski definition) is 10. The maximum atomic E-state index is 13.2. The van der Waals surface area contributed by atoms with Crippen LogP contribution in [0.3, 0.4) is 0 Å². The van der Waals surface area contributed by atoms with Gasteiger partial charge in [0.15, 0.2) is 18.3 Å². The van der Waals surface area contributed by atoms with Crippen LogP contribution in [0.2, 0.25) is 0 Å². The molecular weight excluding hydrogens is 869 g/mol. The molecule has 69 heavy (non-hydrogen) atoms. The fourth-order valence-electron chi connectivity index (χ4n) is 8.07. The number of aromatic nitrogens is 4. The van der Waals surface area contributed by atoms with Crippen molar-refractivity contribution in [3.63, 3.8) is 0 Å². The Morgan fingerprint density at radius 2 is 0.754 bits per heavy atom. The molecule has 0 amide bonds. The maximum Gasteiger partial charge on any atom is 0.352 e. The third kappa shape index (κ3) is 9.68. The lowest BCUT2D eigenvalue weighted by molar-refractivity contribution is -0.179. The van der Waals surface area contributed by atoms with Gasteiger partial charge in [-0.1, -0.05) is 110 Å². The number of benzene rings is 4. The summed E-state index contributed by atoms with van der Waals surface area (Å²) in [5.41, 5.74) is 13.9. The van der Waals surface area contributed by atoms with E-state index in [1.165, 1.54) is 27.7 Å². The Labute approximate surface area is 397 Å². The normalized spacial score (nSPS) is 12.9. The molecule has 0 saturated heterocycles. The molecule has 7 aromatic rings. The van der Waals surface area contributed by atoms with Gasteiger partial charge >= 0.3 is 23.9 Å². The molecule has 4 aromatic carbocycles. The summed E-state index contributed by atoms with van der Waals surface area (Å²) in [5, 5.41) is 0. The highest BCUT2D eigenvalue weighted by Gasteiger charge is 2.29. The minimum absolute atomic E-state index is 0.0956. The smallest absolute Gasteiger partial charge is 0.352 e. The van der Waals surface area contributed by atoms with Crippen molar-refractivity contribution in [3.8, 4) is 50.3 Å². The van der Waals surface area contributed by atoms with Gasteiger partial charge in [-0.3, -0.25) is 0 Å². The number of nitrogens with zero attached hydrogens (tertiary/aromatic N) is 2. The summed E-state index contributed by atoms with van der Waals surface area (Å²) >= 11 is 0. The SMILES string of the molecule is C=C(C)C(=O)O[C@@H](C)C(=O)O[C@@H](C)C(=O)O[C@@H](C)C(=O)Oc1ccc(-c2c3nc(c(-c4ccccc4)c4ccc([nH]4)c(-c4ccccc4)c4nc(c(-c5ccccc5)c5ccc2[nH]5)C=C4)C=C3)cc1. The van der Waals surface area contributed by atoms with E-state index in [0.717, 1.165) is 83.7 Å². The van der Waals surface area contributed by atoms with Crippen LogP contribution in [0.25, 0.3) is 90.9 Å². The third-order valence-corrected chi connectivity index (χ3v) is 11.5. The molecule has 0 radical (unpaired) electrons. The Bertz CT molecular complexity index is 3340. The standard InChI is InChI=1S/C57H46N4O8/c1-33(2)54(62)66-34(3)55(63)67-35(4)56(64)68-36(5)57(65)69-41-23-21-40(22-24-41)53-48-31-29-46(60-48)51(38-17-11-7-12-18-38)44-27-25-42(58-44)50(37-15-9-6-10-16-37)43-26-28-45(59-43)52(39-19-13-8-14-20-39)47-30-32-49(53)61-47/h6-32,34-36,58,61H,1H2,2-5H3/t34-,35-,36-/m0/s1. The zero-order chi connectivity index (χ0) is 48.2. The molecule has 0 unspecified atom stereocenters. The number of hydrogen-bond donors (Lipinski definition) is 2. The predicted molar refractivity (Wildman–Crippen MR) is 268 cm³/mol. The van der Waals surface area contributed by atoms with Crippen LogP contribution in [0.1, 0.15) is 50.5 Å². The number of H-pyrrole nitrogens is 2. The van der Waals surface area contributed by atoms with Gasteiger partial charge in [0, 0.05) is 49.9 Å². The molecule has 3 atom stereocenters. The second-order valence-electron chi connectivity index (χ2n) is 16.5. The molecule has 0 aliphatic carbocycles. The van der Waals surface area contributed by atoms with Crippen molar-refractivity contribution in [1.29, 1.82) is 0 Å². The number of fused-ring (bicyclic) bond motifs is 8. The summed E-state index contributed by atoms with van der Waals surface area (Å²) < 4.78 is 21.0. The van der Waals surface area contributed by atoms with E-state index in [4.69, 9.17) is 28.9 Å². The van der Waals surface area contributed by atoms with Crippen LogP contribution in [-0.2, 0) is 33.4 Å². The molecule has 342 valence electrons. The number of nitrogens with one attached hydrogen (secondary N) is 2. The fourth-order valence-corrected chi connectivity index (χ4v) is 8.07. The first-order valence-corrected chi connectivity index (χ1v) is 22.3. The van der Waals surface area contributed by atoms with Crippen LogP contribution >= 0.6 is 0 Å². The van der Waals surface area contributed by atoms with Gasteiger partial charge in [-0.15, -0.1) is 0 Å². The van der Waals surface area contributed by atoms with E-state index in [9.17, 15) is 19.2 Å². The monoisotopic (exact) mass is 914 g/mol. The fraction of sp³-hybridized carbons (Fsp3) is 0.123. The first-order valence-electron chi connectivity index (χ1n) is 22.3. The Morgan fingerprint density at radius 1 is 0.435 bits per heavy atom. The van der Waals surface area contributed by atoms with Crippen LogP contribution in [0, 0.1) is 0 Å². The number of rotatable bonds is 12. The van der Waals surface area contributed by atoms with Crippen LogP contribution in [0.15, 0.2) is 152 Å². The van der Waals surface area contributed by atoms with Crippen molar-refractivity contribution in [2.75, 3.05) is 0 Å². The summed E-state index contributed by atoms with van der Waals surface area (Å²) in [4.78, 5) is 68.4. The molecule has 2 aliphatic rings. The molecule has 8 bridgehead atoms. The van der Waals surface area contributed by atoms with Crippen molar-refractivity contribution < 1.29 is 38.1 Å². The van der Waals surface area contributed by atoms with Gasteiger partial charge < -0.3 is 28.9 Å². The van der Waals surface area contributed by atoms with Gasteiger partial charge in [0.2, 0.25) is 0 Å². The van der Waals surface area contributed by atoms with Gasteiger partial charge in [0.25, 0.3) is 0 Å². The van der Waals surface area contributed by atoms with E-state index in [1.807, 2.05) is 91.0 Å². The number of carbonyl (C=O) groups excluding carboxylic acids is 4. The van der Waals surface area contributed by atoms with Crippen molar-refractivity contribution in [2.45, 2.75) is 46.0 Å². The number of aromatic amines is 2. The molecule has 0 saturated carbocycles. The Kier molecular flexibility index (Phi) is 12.8. The number of carbonyl (C=O) groups is 4. The Morgan fingerprint density at radius 3 is 1.10 bits per heavy atom. The quantitative estimate of drug-likeness (QED) is 0.0522. The average molecular weight is 915 g/mol. The first-order chi connectivity index (χ1) is 33.4. The van der Waals surface area contributed by atoms with Crippen LogP contribution in [0.5, 0.6) is 5.75 Å². The predicted octanol–water partition coefficient (Wildman–Crippen LogP) is 11.6. The molecule has 2 aliphatic heterocycles. The highest BCUT2D eigenvalue weighted by atomic mass is 16.6. The van der Waals surface area contributed by atoms with Crippen LogP contribution in [-0.4, -0.2) is 62.1 Å². The average Bonchev–Trinajstić information content (AvgIpc) is 4.21. The summed E-state index contributed by atoms with van der Waals surface area (Å²) in [6.45, 7) is 8.83. The Hall–Kier alpha value is -8.90. The minimum Gasteiger partial charge on any atom is -0.448 e. The molecule has 3 aromatic heterocycles. The molecule has 0 spiro atoms. The van der Waals surface area contributed by atoms with Gasteiger partial charge in [-0.2, -0.15) is 0 Å². The van der Waals surface area contributed by atoms with Crippen molar-refractivity contribution in [2.24, 2.45) is 0 Å². The topological polar surface area (TPSA) is 163 Å². The zero-order valence-electron chi connectivity index (χ0n) is 38.2. The lowest BCUT2D eigenvalue weighted by Crippen LogP contribution is -2.36. The van der Waals surface area contributed by atoms with E-state index in [1.54, 1.807) is 12.1 Å². The summed E-state index contributed by atoms with van der Waals surface area (Å²) in [6.07, 6.45) is 4.08. The van der Waals surface area contributed by atoms with Crippen LogP contribution in [0.4, 0.5) is 0 Å². The van der Waals surface area contributed by atoms with Crippen molar-refractivity contribution >= 4 is 70.2 Å². The summed E-state index contributed by atoms with van der Waals surface area (Å²) in [5.74, 6) is -3.41. The van der Waals surface area contributed by atoms with E-state index < -0.39 is 42.2 Å². The second-order valence-corrected chi connectivity index (χ2v) is 16.5. The third-order valence-electron chi connectivity index (χ3n) is 11.5. The minimum atomic E-state index is -1.41. The number of ether oxygens (including phenoxy) is 4.